The van der Waals surface area contributed by atoms with E-state index < -0.39 is 0 Å². The maximum absolute atomic E-state index is 6.17. The Kier molecular flexibility index (Phi) is 6.16. The predicted octanol–water partition coefficient (Wildman–Crippen LogP) is 3.74. The molecule has 0 aliphatic carbocycles. The molecule has 0 aliphatic rings. The maximum Gasteiger partial charge on any atom is 0.0844 e. The highest BCUT2D eigenvalue weighted by molar-refractivity contribution is 6.31. The van der Waals surface area contributed by atoms with Gasteiger partial charge in [-0.3, -0.25) is 4.68 Å². The van der Waals surface area contributed by atoms with Crippen molar-refractivity contribution in [2.75, 3.05) is 13.1 Å². The van der Waals surface area contributed by atoms with E-state index in [-0.39, 0.29) is 0 Å². The zero-order valence-electron chi connectivity index (χ0n) is 12.3. The van der Waals surface area contributed by atoms with Crippen LogP contribution in [0.25, 0.3) is 0 Å². The van der Waals surface area contributed by atoms with Gasteiger partial charge in [0.25, 0.3) is 0 Å². The zero-order chi connectivity index (χ0) is 13.7. The molecule has 0 spiro atoms. The lowest BCUT2D eigenvalue weighted by Crippen LogP contribution is -2.21. The summed E-state index contributed by atoms with van der Waals surface area (Å²) in [6.45, 7) is 12.8. The van der Waals surface area contributed by atoms with Crippen molar-refractivity contribution in [2.45, 2.75) is 53.5 Å². The van der Waals surface area contributed by atoms with Gasteiger partial charge < -0.3 is 5.32 Å². The molecule has 0 aliphatic heterocycles. The van der Waals surface area contributed by atoms with Crippen LogP contribution >= 0.6 is 11.6 Å². The summed E-state index contributed by atoms with van der Waals surface area (Å²) in [5.41, 5.74) is 2.01. The van der Waals surface area contributed by atoms with Gasteiger partial charge in [-0.15, -0.1) is 0 Å². The number of nitrogens with zero attached hydrogens (tertiary/aromatic N) is 2. The summed E-state index contributed by atoms with van der Waals surface area (Å²) in [6.07, 6.45) is 2.30. The van der Waals surface area contributed by atoms with E-state index in [4.69, 9.17) is 11.6 Å². The van der Waals surface area contributed by atoms with Crippen LogP contribution in [0.4, 0.5) is 0 Å². The van der Waals surface area contributed by atoms with Gasteiger partial charge in [0.05, 0.1) is 16.4 Å². The highest BCUT2D eigenvalue weighted by Gasteiger charge is 2.13. The van der Waals surface area contributed by atoms with Gasteiger partial charge in [0, 0.05) is 6.04 Å². The van der Waals surface area contributed by atoms with Gasteiger partial charge >= 0.3 is 0 Å². The number of aromatic nitrogens is 2. The Bertz CT molecular complexity index is 371. The lowest BCUT2D eigenvalue weighted by atomic mass is 10.1. The van der Waals surface area contributed by atoms with Crippen molar-refractivity contribution in [1.29, 1.82) is 0 Å². The van der Waals surface area contributed by atoms with Crippen LogP contribution in [-0.2, 0) is 0 Å². The van der Waals surface area contributed by atoms with E-state index in [1.807, 2.05) is 13.8 Å². The molecule has 4 heteroatoms. The molecule has 0 saturated carbocycles. The van der Waals surface area contributed by atoms with E-state index in [2.05, 4.69) is 35.9 Å². The van der Waals surface area contributed by atoms with Crippen LogP contribution in [0.5, 0.6) is 0 Å². The standard InChI is InChI=1S/C14H26ClN3/c1-10(2)9-16-8-6-7-11(3)18-13(5)14(15)12(4)17-18/h10-11,16H,6-9H2,1-5H3. The van der Waals surface area contributed by atoms with Crippen molar-refractivity contribution in [2.24, 2.45) is 5.92 Å². The predicted molar refractivity (Wildman–Crippen MR) is 78.4 cm³/mol. The van der Waals surface area contributed by atoms with Crippen LogP contribution in [0.15, 0.2) is 0 Å². The molecule has 1 unspecified atom stereocenters. The van der Waals surface area contributed by atoms with E-state index >= 15 is 0 Å². The van der Waals surface area contributed by atoms with Gasteiger partial charge in [-0.2, -0.15) is 5.10 Å². The molecule has 18 heavy (non-hydrogen) atoms. The first kappa shape index (κ1) is 15.5. The van der Waals surface area contributed by atoms with Gasteiger partial charge in [0.15, 0.2) is 0 Å². The minimum atomic E-state index is 0.414. The molecule has 1 aromatic rings. The average Bonchev–Trinajstić information content (AvgIpc) is 2.56. The molecule has 104 valence electrons. The molecular weight excluding hydrogens is 246 g/mol. The summed E-state index contributed by atoms with van der Waals surface area (Å²) in [5, 5.41) is 8.77. The third-order valence-electron chi connectivity index (χ3n) is 3.18. The molecule has 0 saturated heterocycles. The summed E-state index contributed by atoms with van der Waals surface area (Å²) in [6, 6.07) is 0.414. The van der Waals surface area contributed by atoms with E-state index in [0.29, 0.717) is 6.04 Å². The van der Waals surface area contributed by atoms with Crippen LogP contribution in [0.2, 0.25) is 5.02 Å². The summed E-state index contributed by atoms with van der Waals surface area (Å²) >= 11 is 6.17. The SMILES string of the molecule is Cc1nn(C(C)CCCNCC(C)C)c(C)c1Cl. The maximum atomic E-state index is 6.17. The van der Waals surface area contributed by atoms with Gasteiger partial charge in [-0.25, -0.2) is 0 Å². The highest BCUT2D eigenvalue weighted by atomic mass is 35.5. The van der Waals surface area contributed by atoms with E-state index in [1.165, 1.54) is 6.42 Å². The lowest BCUT2D eigenvalue weighted by Gasteiger charge is -2.14. The molecule has 1 N–H and O–H groups in total. The molecule has 0 aromatic carbocycles. The van der Waals surface area contributed by atoms with Gasteiger partial charge in [-0.1, -0.05) is 25.4 Å². The average molecular weight is 272 g/mol. The summed E-state index contributed by atoms with van der Waals surface area (Å²) < 4.78 is 2.06. The number of nitrogens with one attached hydrogen (secondary N) is 1. The second kappa shape index (κ2) is 7.15. The van der Waals surface area contributed by atoms with Crippen molar-refractivity contribution in [3.8, 4) is 0 Å². The zero-order valence-corrected chi connectivity index (χ0v) is 13.0. The van der Waals surface area contributed by atoms with E-state index in [9.17, 15) is 0 Å². The molecule has 0 radical (unpaired) electrons. The minimum absolute atomic E-state index is 0.414. The summed E-state index contributed by atoms with van der Waals surface area (Å²) in [5.74, 6) is 0.720. The molecule has 1 aromatic heterocycles. The van der Waals surface area contributed by atoms with Crippen molar-refractivity contribution in [3.05, 3.63) is 16.4 Å². The molecule has 0 fully saturated rings. The highest BCUT2D eigenvalue weighted by Crippen LogP contribution is 2.23. The second-order valence-corrected chi connectivity index (χ2v) is 5.90. The number of hydrogen-bond acceptors (Lipinski definition) is 2. The Labute approximate surface area is 116 Å². The second-order valence-electron chi connectivity index (χ2n) is 5.52. The van der Waals surface area contributed by atoms with Gasteiger partial charge in [-0.05, 0) is 52.6 Å². The van der Waals surface area contributed by atoms with Crippen LogP contribution in [0.3, 0.4) is 0 Å². The number of halogens is 1. The van der Waals surface area contributed by atoms with Crippen molar-refractivity contribution in [3.63, 3.8) is 0 Å². The largest absolute Gasteiger partial charge is 0.316 e. The number of aryl methyl sites for hydroxylation is 1. The summed E-state index contributed by atoms with van der Waals surface area (Å²) in [7, 11) is 0. The third kappa shape index (κ3) is 4.29. The first-order valence-corrected chi connectivity index (χ1v) is 7.23. The van der Waals surface area contributed by atoms with Gasteiger partial charge in [0.2, 0.25) is 0 Å². The van der Waals surface area contributed by atoms with Crippen molar-refractivity contribution < 1.29 is 0 Å². The smallest absolute Gasteiger partial charge is 0.0844 e. The van der Waals surface area contributed by atoms with E-state index in [0.717, 1.165) is 41.8 Å². The first-order chi connectivity index (χ1) is 8.43. The fourth-order valence-electron chi connectivity index (χ4n) is 2.11. The Balaban J connectivity index is 2.36. The number of hydrogen-bond donors (Lipinski definition) is 1. The topological polar surface area (TPSA) is 29.9 Å². The Hall–Kier alpha value is -0.540. The Morgan fingerprint density at radius 1 is 1.28 bits per heavy atom. The molecule has 1 heterocycles. The quantitative estimate of drug-likeness (QED) is 0.766. The minimum Gasteiger partial charge on any atom is -0.316 e. The molecule has 0 amide bonds. The van der Waals surface area contributed by atoms with Gasteiger partial charge in [0.1, 0.15) is 0 Å². The van der Waals surface area contributed by atoms with Crippen molar-refractivity contribution >= 4 is 11.6 Å². The molecule has 1 rings (SSSR count). The Morgan fingerprint density at radius 3 is 2.44 bits per heavy atom. The normalized spacial score (nSPS) is 13.3. The number of rotatable bonds is 7. The molecule has 1 atom stereocenters. The fraction of sp³-hybridized carbons (Fsp3) is 0.786. The molecule has 3 nitrogen and oxygen atoms in total. The van der Waals surface area contributed by atoms with Crippen molar-refractivity contribution in [1.82, 2.24) is 15.1 Å². The van der Waals surface area contributed by atoms with Crippen LogP contribution in [0, 0.1) is 19.8 Å². The summed E-state index contributed by atoms with van der Waals surface area (Å²) in [4.78, 5) is 0. The van der Waals surface area contributed by atoms with Crippen LogP contribution in [0.1, 0.15) is 51.0 Å². The third-order valence-corrected chi connectivity index (χ3v) is 3.73. The lowest BCUT2D eigenvalue weighted by molar-refractivity contribution is 0.425. The molecular formula is C14H26ClN3. The molecule has 0 bridgehead atoms. The van der Waals surface area contributed by atoms with Crippen LogP contribution in [-0.4, -0.2) is 22.9 Å². The fourth-order valence-corrected chi connectivity index (χ4v) is 2.23. The van der Waals surface area contributed by atoms with E-state index in [1.54, 1.807) is 0 Å². The van der Waals surface area contributed by atoms with Crippen LogP contribution < -0.4 is 5.32 Å². The Morgan fingerprint density at radius 2 is 1.94 bits per heavy atom. The first-order valence-electron chi connectivity index (χ1n) is 6.85. The monoisotopic (exact) mass is 271 g/mol.